The number of benzene rings is 3. The fourth-order valence-corrected chi connectivity index (χ4v) is 4.71. The minimum atomic E-state index is -1.29. The molecule has 10 heteroatoms. The second-order valence-corrected chi connectivity index (χ2v) is 8.67. The summed E-state index contributed by atoms with van der Waals surface area (Å²) in [5, 5.41) is 3.80. The molecule has 188 valence electrons. The van der Waals surface area contributed by atoms with Crippen molar-refractivity contribution in [3.8, 4) is 16.9 Å². The summed E-state index contributed by atoms with van der Waals surface area (Å²) in [6, 6.07) is 13.7. The van der Waals surface area contributed by atoms with Crippen LogP contribution in [0.1, 0.15) is 16.8 Å². The molecule has 0 unspecified atom stereocenters. The van der Waals surface area contributed by atoms with Gasteiger partial charge in [0.1, 0.15) is 18.2 Å². The van der Waals surface area contributed by atoms with Gasteiger partial charge in [-0.15, -0.1) is 0 Å². The van der Waals surface area contributed by atoms with Gasteiger partial charge in [0.05, 0.1) is 35.6 Å². The SMILES string of the molecule is O=C(NN1CCOc2ccccc21)c1cnc2c(-c3cc(F)cc(F)c3F)cccc2c1N1CCCO1. The molecule has 2 aliphatic rings. The van der Waals surface area contributed by atoms with Crippen molar-refractivity contribution in [2.75, 3.05) is 36.4 Å². The highest BCUT2D eigenvalue weighted by Gasteiger charge is 2.28. The number of aromatic nitrogens is 1. The minimum absolute atomic E-state index is 0.197. The number of rotatable bonds is 4. The van der Waals surface area contributed by atoms with Gasteiger partial charge in [0.15, 0.2) is 11.6 Å². The molecule has 0 spiro atoms. The summed E-state index contributed by atoms with van der Waals surface area (Å²) in [7, 11) is 0. The Kier molecular flexibility index (Phi) is 5.80. The van der Waals surface area contributed by atoms with Crippen LogP contribution in [0.15, 0.2) is 60.8 Å². The van der Waals surface area contributed by atoms with Crippen LogP contribution in [0.4, 0.5) is 24.5 Å². The maximum absolute atomic E-state index is 14.7. The molecular formula is C27H21F3N4O3. The van der Waals surface area contributed by atoms with Crippen molar-refractivity contribution in [1.29, 1.82) is 0 Å². The zero-order valence-electron chi connectivity index (χ0n) is 19.5. The number of amides is 1. The monoisotopic (exact) mass is 506 g/mol. The predicted octanol–water partition coefficient (Wildman–Crippen LogP) is 5.00. The van der Waals surface area contributed by atoms with Crippen LogP contribution in [0, 0.1) is 17.5 Å². The van der Waals surface area contributed by atoms with E-state index in [-0.39, 0.29) is 22.2 Å². The van der Waals surface area contributed by atoms with Crippen molar-refractivity contribution in [3.63, 3.8) is 0 Å². The number of para-hydroxylation sites is 3. The van der Waals surface area contributed by atoms with Gasteiger partial charge in [0.25, 0.3) is 5.91 Å². The molecule has 1 amide bonds. The molecule has 0 bridgehead atoms. The largest absolute Gasteiger partial charge is 0.489 e. The molecule has 3 aromatic carbocycles. The van der Waals surface area contributed by atoms with E-state index in [2.05, 4.69) is 10.4 Å². The Morgan fingerprint density at radius 1 is 0.973 bits per heavy atom. The Labute approximate surface area is 210 Å². The van der Waals surface area contributed by atoms with E-state index in [4.69, 9.17) is 9.57 Å². The number of fused-ring (bicyclic) bond motifs is 2. The molecule has 1 aromatic heterocycles. The molecule has 3 heterocycles. The van der Waals surface area contributed by atoms with Gasteiger partial charge in [0.2, 0.25) is 0 Å². The average molecular weight is 506 g/mol. The van der Waals surface area contributed by atoms with Crippen molar-refractivity contribution >= 4 is 28.2 Å². The molecule has 1 saturated heterocycles. The molecule has 7 nitrogen and oxygen atoms in total. The smallest absolute Gasteiger partial charge is 0.273 e. The van der Waals surface area contributed by atoms with E-state index in [0.717, 1.165) is 18.2 Å². The molecule has 0 saturated carbocycles. The summed E-state index contributed by atoms with van der Waals surface area (Å²) in [6.07, 6.45) is 2.11. The van der Waals surface area contributed by atoms with Crippen LogP contribution >= 0.6 is 0 Å². The number of hydroxylamine groups is 1. The number of anilines is 2. The zero-order valence-corrected chi connectivity index (χ0v) is 19.5. The predicted molar refractivity (Wildman–Crippen MR) is 132 cm³/mol. The first-order valence-corrected chi connectivity index (χ1v) is 11.8. The summed E-state index contributed by atoms with van der Waals surface area (Å²) >= 11 is 0. The second kappa shape index (κ2) is 9.29. The van der Waals surface area contributed by atoms with Gasteiger partial charge in [-0.05, 0) is 24.6 Å². The summed E-state index contributed by atoms with van der Waals surface area (Å²) in [6.45, 7) is 1.82. The van der Waals surface area contributed by atoms with Gasteiger partial charge >= 0.3 is 0 Å². The number of nitrogens with one attached hydrogen (secondary N) is 1. The van der Waals surface area contributed by atoms with Crippen LogP contribution < -0.4 is 20.2 Å². The Bertz CT molecular complexity index is 1520. The lowest BCUT2D eigenvalue weighted by atomic mass is 9.99. The number of carbonyl (C=O) groups is 1. The van der Waals surface area contributed by atoms with Crippen LogP contribution in [0.5, 0.6) is 5.75 Å². The normalized spacial score (nSPS) is 15.0. The van der Waals surface area contributed by atoms with Crippen molar-refractivity contribution in [3.05, 3.63) is 83.8 Å². The lowest BCUT2D eigenvalue weighted by Crippen LogP contribution is -2.47. The van der Waals surface area contributed by atoms with Crippen LogP contribution in [-0.4, -0.2) is 37.2 Å². The third-order valence-corrected chi connectivity index (χ3v) is 6.36. The summed E-state index contributed by atoms with van der Waals surface area (Å²) in [5.41, 5.74) is 4.55. The Hall–Kier alpha value is -4.31. The number of pyridine rings is 1. The first kappa shape index (κ1) is 23.1. The van der Waals surface area contributed by atoms with E-state index >= 15 is 0 Å². The number of hydrazine groups is 1. The van der Waals surface area contributed by atoms with Gasteiger partial charge in [-0.25, -0.2) is 13.2 Å². The Morgan fingerprint density at radius 3 is 2.68 bits per heavy atom. The van der Waals surface area contributed by atoms with Gasteiger partial charge in [-0.3, -0.25) is 30.1 Å². The topological polar surface area (TPSA) is 66.9 Å². The number of halogens is 3. The second-order valence-electron chi connectivity index (χ2n) is 8.67. The molecule has 37 heavy (non-hydrogen) atoms. The van der Waals surface area contributed by atoms with Gasteiger partial charge < -0.3 is 4.74 Å². The number of hydrogen-bond donors (Lipinski definition) is 1. The van der Waals surface area contributed by atoms with E-state index < -0.39 is 23.4 Å². The molecule has 0 aliphatic carbocycles. The van der Waals surface area contributed by atoms with Gasteiger partial charge in [-0.2, -0.15) is 0 Å². The zero-order chi connectivity index (χ0) is 25.5. The van der Waals surface area contributed by atoms with E-state index in [1.54, 1.807) is 22.2 Å². The molecule has 1 N–H and O–H groups in total. The maximum atomic E-state index is 14.7. The van der Waals surface area contributed by atoms with Crippen molar-refractivity contribution in [2.24, 2.45) is 0 Å². The van der Waals surface area contributed by atoms with Crippen molar-refractivity contribution in [2.45, 2.75) is 6.42 Å². The van der Waals surface area contributed by atoms with Gasteiger partial charge in [0, 0.05) is 35.3 Å². The highest BCUT2D eigenvalue weighted by Crippen LogP contribution is 2.38. The molecule has 1 fully saturated rings. The fourth-order valence-electron chi connectivity index (χ4n) is 4.71. The molecule has 0 radical (unpaired) electrons. The van der Waals surface area contributed by atoms with E-state index in [1.165, 1.54) is 12.3 Å². The summed E-state index contributed by atoms with van der Waals surface area (Å²) < 4.78 is 48.4. The highest BCUT2D eigenvalue weighted by atomic mass is 19.2. The molecular weight excluding hydrogens is 485 g/mol. The quantitative estimate of drug-likeness (QED) is 0.393. The van der Waals surface area contributed by atoms with E-state index in [9.17, 15) is 18.0 Å². The minimum Gasteiger partial charge on any atom is -0.489 e. The summed E-state index contributed by atoms with van der Waals surface area (Å²) in [4.78, 5) is 23.8. The summed E-state index contributed by atoms with van der Waals surface area (Å²) in [5.74, 6) is -3.15. The molecule has 2 aliphatic heterocycles. The Morgan fingerprint density at radius 2 is 1.84 bits per heavy atom. The molecule has 0 atom stereocenters. The van der Waals surface area contributed by atoms with Crippen LogP contribution in [0.25, 0.3) is 22.0 Å². The molecule has 6 rings (SSSR count). The fraction of sp³-hybridized carbons (Fsp3) is 0.185. The molecule has 4 aromatic rings. The van der Waals surface area contributed by atoms with E-state index in [1.807, 2.05) is 24.3 Å². The number of carbonyl (C=O) groups excluding carboxylic acids is 1. The third kappa shape index (κ3) is 4.09. The van der Waals surface area contributed by atoms with Gasteiger partial charge in [-0.1, -0.05) is 30.3 Å². The standard InChI is InChI=1S/C27H21F3N4O3/c28-16-13-19(24(30)21(29)14-16)17-5-3-6-18-25(17)31-15-20(26(18)34-9-4-11-37-34)27(35)32-33-10-12-36-23-8-2-1-7-22(23)33/h1-3,5-8,13-15H,4,9-12H2,(H,32,35). The van der Waals surface area contributed by atoms with Crippen LogP contribution in [0.2, 0.25) is 0 Å². The average Bonchev–Trinajstić information content (AvgIpc) is 3.44. The lowest BCUT2D eigenvalue weighted by molar-refractivity contribution is 0.0942. The van der Waals surface area contributed by atoms with Crippen LogP contribution in [0.3, 0.4) is 0 Å². The number of nitrogens with zero attached hydrogens (tertiary/aromatic N) is 3. The van der Waals surface area contributed by atoms with E-state index in [0.29, 0.717) is 49.2 Å². The van der Waals surface area contributed by atoms with Crippen molar-refractivity contribution in [1.82, 2.24) is 10.4 Å². The van der Waals surface area contributed by atoms with Crippen molar-refractivity contribution < 1.29 is 27.5 Å². The number of ether oxygens (including phenoxy) is 1. The van der Waals surface area contributed by atoms with Crippen LogP contribution in [-0.2, 0) is 4.84 Å². The third-order valence-electron chi connectivity index (χ3n) is 6.36. The first-order chi connectivity index (χ1) is 18.0. The highest BCUT2D eigenvalue weighted by molar-refractivity contribution is 6.10. The lowest BCUT2D eigenvalue weighted by Gasteiger charge is -2.31. The number of hydrogen-bond acceptors (Lipinski definition) is 6. The first-order valence-electron chi connectivity index (χ1n) is 11.8. The maximum Gasteiger partial charge on any atom is 0.273 e. The Balaban J connectivity index is 1.47.